The maximum Gasteiger partial charge on any atom is 0.338 e. The van der Waals surface area contributed by atoms with Crippen LogP contribution in [0.15, 0.2) is 42.5 Å². The Labute approximate surface area is 115 Å². The molecular weight excluding hydrogens is 260 g/mol. The topological polar surface area (TPSA) is 83.8 Å². The summed E-state index contributed by atoms with van der Waals surface area (Å²) in [6.45, 7) is 0. The molecular formula is C15H12O5. The van der Waals surface area contributed by atoms with Gasteiger partial charge in [0.15, 0.2) is 5.78 Å². The highest BCUT2D eigenvalue weighted by atomic mass is 16.5. The number of hydrogen-bond acceptors (Lipinski definition) is 5. The van der Waals surface area contributed by atoms with Gasteiger partial charge in [-0.1, -0.05) is 18.2 Å². The van der Waals surface area contributed by atoms with Crippen LogP contribution < -0.4 is 0 Å². The van der Waals surface area contributed by atoms with Crippen molar-refractivity contribution in [2.75, 3.05) is 7.11 Å². The Bertz CT molecular complexity index is 676. The number of methoxy groups -OCH3 is 1. The minimum Gasteiger partial charge on any atom is -0.508 e. The minimum absolute atomic E-state index is 0.000784. The highest BCUT2D eigenvalue weighted by Gasteiger charge is 2.20. The summed E-state index contributed by atoms with van der Waals surface area (Å²) in [5.41, 5.74) is 0.243. The highest BCUT2D eigenvalue weighted by molar-refractivity contribution is 6.15. The second kappa shape index (κ2) is 5.44. The van der Waals surface area contributed by atoms with E-state index in [1.165, 1.54) is 31.4 Å². The first kappa shape index (κ1) is 13.6. The zero-order chi connectivity index (χ0) is 14.7. The van der Waals surface area contributed by atoms with Gasteiger partial charge in [-0.2, -0.15) is 0 Å². The van der Waals surface area contributed by atoms with Crippen molar-refractivity contribution < 1.29 is 24.5 Å². The standard InChI is InChI=1S/C15H12O5/c1-20-15(19)11-5-3-2-4-10(11)14(18)12-7-6-9(16)8-13(12)17/h2-8,16-17H,1H3. The lowest BCUT2D eigenvalue weighted by Gasteiger charge is -2.08. The van der Waals surface area contributed by atoms with Gasteiger partial charge in [0.2, 0.25) is 0 Å². The molecule has 0 fully saturated rings. The van der Waals surface area contributed by atoms with E-state index in [1.54, 1.807) is 12.1 Å². The summed E-state index contributed by atoms with van der Waals surface area (Å²) in [6, 6.07) is 9.80. The first-order valence-corrected chi connectivity index (χ1v) is 5.78. The van der Waals surface area contributed by atoms with Gasteiger partial charge >= 0.3 is 5.97 Å². The molecule has 20 heavy (non-hydrogen) atoms. The summed E-state index contributed by atoms with van der Waals surface area (Å²) in [5, 5.41) is 18.9. The van der Waals surface area contributed by atoms with Crippen molar-refractivity contribution in [1.29, 1.82) is 0 Å². The molecule has 0 saturated heterocycles. The molecule has 5 nitrogen and oxygen atoms in total. The van der Waals surface area contributed by atoms with E-state index < -0.39 is 11.8 Å². The second-order valence-corrected chi connectivity index (χ2v) is 4.07. The lowest BCUT2D eigenvalue weighted by atomic mass is 9.97. The van der Waals surface area contributed by atoms with E-state index in [2.05, 4.69) is 4.74 Å². The maximum absolute atomic E-state index is 12.4. The zero-order valence-corrected chi connectivity index (χ0v) is 10.7. The number of esters is 1. The Morgan fingerprint density at radius 2 is 1.60 bits per heavy atom. The number of aromatic hydroxyl groups is 2. The van der Waals surface area contributed by atoms with Crippen molar-refractivity contribution in [3.8, 4) is 11.5 Å². The number of carbonyl (C=O) groups excluding carboxylic acids is 2. The summed E-state index contributed by atoms with van der Waals surface area (Å²) in [6.07, 6.45) is 0. The Morgan fingerprint density at radius 1 is 0.950 bits per heavy atom. The molecule has 2 N–H and O–H groups in total. The summed E-state index contributed by atoms with van der Waals surface area (Å²) in [7, 11) is 1.22. The van der Waals surface area contributed by atoms with Gasteiger partial charge in [-0.05, 0) is 18.2 Å². The number of phenolic OH excluding ortho intramolecular Hbond substituents is 2. The van der Waals surface area contributed by atoms with Gasteiger partial charge in [0.05, 0.1) is 18.2 Å². The van der Waals surface area contributed by atoms with Crippen LogP contribution in [-0.4, -0.2) is 29.1 Å². The van der Waals surface area contributed by atoms with E-state index in [9.17, 15) is 19.8 Å². The van der Waals surface area contributed by atoms with Crippen molar-refractivity contribution >= 4 is 11.8 Å². The fraction of sp³-hybridized carbons (Fsp3) is 0.0667. The number of carbonyl (C=O) groups is 2. The number of rotatable bonds is 3. The van der Waals surface area contributed by atoms with Crippen molar-refractivity contribution in [2.45, 2.75) is 0 Å². The molecule has 0 aliphatic heterocycles. The van der Waals surface area contributed by atoms with Gasteiger partial charge in [-0.3, -0.25) is 4.79 Å². The average Bonchev–Trinajstić information content (AvgIpc) is 2.46. The molecule has 0 saturated carbocycles. The van der Waals surface area contributed by atoms with Crippen LogP contribution in [0.5, 0.6) is 11.5 Å². The molecule has 0 aliphatic carbocycles. The Balaban J connectivity index is 2.51. The molecule has 102 valence electrons. The van der Waals surface area contributed by atoms with Crippen LogP contribution in [0.4, 0.5) is 0 Å². The third-order valence-electron chi connectivity index (χ3n) is 2.80. The number of ketones is 1. The Kier molecular flexibility index (Phi) is 3.70. The van der Waals surface area contributed by atoms with Gasteiger partial charge in [-0.25, -0.2) is 4.79 Å². The van der Waals surface area contributed by atoms with Crippen LogP contribution in [-0.2, 0) is 4.74 Å². The lowest BCUT2D eigenvalue weighted by molar-refractivity contribution is 0.0597. The van der Waals surface area contributed by atoms with Crippen molar-refractivity contribution in [2.24, 2.45) is 0 Å². The number of hydrogen-bond donors (Lipinski definition) is 2. The van der Waals surface area contributed by atoms with E-state index in [1.807, 2.05) is 0 Å². The van der Waals surface area contributed by atoms with Crippen LogP contribution in [0.2, 0.25) is 0 Å². The van der Waals surface area contributed by atoms with Gasteiger partial charge in [0, 0.05) is 11.6 Å². The minimum atomic E-state index is -0.632. The molecule has 0 unspecified atom stereocenters. The molecule has 0 aromatic heterocycles. The predicted octanol–water partition coefficient (Wildman–Crippen LogP) is 2.12. The van der Waals surface area contributed by atoms with E-state index in [4.69, 9.17) is 0 Å². The molecule has 2 aromatic rings. The molecule has 0 radical (unpaired) electrons. The second-order valence-electron chi connectivity index (χ2n) is 4.07. The molecule has 0 spiro atoms. The first-order chi connectivity index (χ1) is 9.54. The van der Waals surface area contributed by atoms with Gasteiger partial charge in [0.25, 0.3) is 0 Å². The third kappa shape index (κ3) is 2.47. The fourth-order valence-electron chi connectivity index (χ4n) is 1.83. The number of benzene rings is 2. The Hall–Kier alpha value is -2.82. The van der Waals surface area contributed by atoms with Gasteiger partial charge < -0.3 is 14.9 Å². The third-order valence-corrected chi connectivity index (χ3v) is 2.80. The van der Waals surface area contributed by atoms with E-state index in [0.717, 1.165) is 6.07 Å². The monoisotopic (exact) mass is 272 g/mol. The van der Waals surface area contributed by atoms with E-state index in [-0.39, 0.29) is 28.2 Å². The Morgan fingerprint density at radius 3 is 2.20 bits per heavy atom. The molecule has 0 atom stereocenters. The summed E-state index contributed by atoms with van der Waals surface area (Å²) in [5.74, 6) is -1.66. The molecule has 0 aliphatic rings. The summed E-state index contributed by atoms with van der Waals surface area (Å²) in [4.78, 5) is 24.0. The average molecular weight is 272 g/mol. The van der Waals surface area contributed by atoms with E-state index in [0.29, 0.717) is 0 Å². The van der Waals surface area contributed by atoms with Crippen molar-refractivity contribution in [1.82, 2.24) is 0 Å². The normalized spacial score (nSPS) is 10.1. The molecule has 0 amide bonds. The molecule has 0 bridgehead atoms. The van der Waals surface area contributed by atoms with Gasteiger partial charge in [-0.15, -0.1) is 0 Å². The fourth-order valence-corrected chi connectivity index (χ4v) is 1.83. The lowest BCUT2D eigenvalue weighted by Crippen LogP contribution is -2.11. The zero-order valence-electron chi connectivity index (χ0n) is 10.7. The first-order valence-electron chi connectivity index (χ1n) is 5.78. The van der Waals surface area contributed by atoms with Crippen molar-refractivity contribution in [3.63, 3.8) is 0 Å². The largest absolute Gasteiger partial charge is 0.508 e. The smallest absolute Gasteiger partial charge is 0.338 e. The molecule has 2 rings (SSSR count). The molecule has 5 heteroatoms. The quantitative estimate of drug-likeness (QED) is 0.660. The van der Waals surface area contributed by atoms with Crippen LogP contribution >= 0.6 is 0 Å². The van der Waals surface area contributed by atoms with E-state index >= 15 is 0 Å². The summed E-state index contributed by atoms with van der Waals surface area (Å²) < 4.78 is 4.62. The molecule has 0 heterocycles. The van der Waals surface area contributed by atoms with Crippen molar-refractivity contribution in [3.05, 3.63) is 59.2 Å². The van der Waals surface area contributed by atoms with Crippen LogP contribution in [0.3, 0.4) is 0 Å². The predicted molar refractivity (Wildman–Crippen MR) is 71.0 cm³/mol. The SMILES string of the molecule is COC(=O)c1ccccc1C(=O)c1ccc(O)cc1O. The van der Waals surface area contributed by atoms with Crippen LogP contribution in [0, 0.1) is 0 Å². The highest BCUT2D eigenvalue weighted by Crippen LogP contribution is 2.26. The van der Waals surface area contributed by atoms with Crippen LogP contribution in [0.1, 0.15) is 26.3 Å². The van der Waals surface area contributed by atoms with Gasteiger partial charge in [0.1, 0.15) is 11.5 Å². The maximum atomic E-state index is 12.4. The summed E-state index contributed by atoms with van der Waals surface area (Å²) >= 11 is 0. The van der Waals surface area contributed by atoms with Crippen LogP contribution in [0.25, 0.3) is 0 Å². The molecule has 2 aromatic carbocycles. The number of ether oxygens (including phenoxy) is 1. The number of phenols is 2.